The molecule has 0 fully saturated rings. The number of aromatic nitrogens is 5. The number of ether oxygens (including phenoxy) is 1. The summed E-state index contributed by atoms with van der Waals surface area (Å²) in [6.45, 7) is 9.89. The zero-order valence-corrected chi connectivity index (χ0v) is 16.6. The van der Waals surface area contributed by atoms with E-state index in [1.54, 1.807) is 11.7 Å². The Kier molecular flexibility index (Phi) is 4.66. The van der Waals surface area contributed by atoms with Crippen LogP contribution in [0.25, 0.3) is 11.0 Å². The van der Waals surface area contributed by atoms with Crippen LogP contribution in [0.1, 0.15) is 37.0 Å². The highest BCUT2D eigenvalue weighted by Crippen LogP contribution is 2.28. The first kappa shape index (κ1) is 18.2. The Morgan fingerprint density at radius 3 is 2.69 bits per heavy atom. The Labute approximate surface area is 155 Å². The van der Waals surface area contributed by atoms with Gasteiger partial charge >= 0.3 is 0 Å². The number of fused-ring (bicyclic) bond motifs is 1. The molecule has 3 aromatic heterocycles. The number of pyridine rings is 1. The second-order valence-electron chi connectivity index (χ2n) is 7.21. The molecular formula is C17H22N6O2S. The Morgan fingerprint density at radius 1 is 1.31 bits per heavy atom. The third-order valence-electron chi connectivity index (χ3n) is 3.74. The van der Waals surface area contributed by atoms with Crippen LogP contribution in [0.3, 0.4) is 0 Å². The molecule has 0 aromatic carbocycles. The van der Waals surface area contributed by atoms with E-state index in [1.165, 1.54) is 11.3 Å². The summed E-state index contributed by atoms with van der Waals surface area (Å²) in [5.41, 5.74) is 2.55. The van der Waals surface area contributed by atoms with Gasteiger partial charge in [-0.05, 0) is 25.5 Å². The maximum atomic E-state index is 12.2. The number of hydrogen-bond acceptors (Lipinski definition) is 7. The van der Waals surface area contributed by atoms with Crippen molar-refractivity contribution in [2.45, 2.75) is 40.0 Å². The van der Waals surface area contributed by atoms with E-state index in [4.69, 9.17) is 4.74 Å². The van der Waals surface area contributed by atoms with Crippen LogP contribution in [-0.2, 0) is 17.3 Å². The van der Waals surface area contributed by atoms with Crippen molar-refractivity contribution in [1.82, 2.24) is 25.0 Å². The minimum Gasteiger partial charge on any atom is -0.466 e. The standard InChI is InChI=1S/C17H22N6O2S/c1-9-7-10(2)18-13-12(9)14(22-23(13)6)25-8-11(24)19-16-21-20-15(26-16)17(3,4)5/h7H,8H2,1-6H3,(H,19,21,24). The Balaban J connectivity index is 1.70. The Bertz CT molecular complexity index is 970. The zero-order valence-electron chi connectivity index (χ0n) is 15.7. The van der Waals surface area contributed by atoms with E-state index >= 15 is 0 Å². The SMILES string of the molecule is Cc1cc(C)c2c(OCC(=O)Nc3nnc(C(C)(C)C)s3)nn(C)c2n1. The van der Waals surface area contributed by atoms with Crippen molar-refractivity contribution in [3.05, 3.63) is 22.3 Å². The fraction of sp³-hybridized carbons (Fsp3) is 0.471. The van der Waals surface area contributed by atoms with Gasteiger partial charge in [-0.1, -0.05) is 32.1 Å². The Hall–Kier alpha value is -2.55. The molecule has 0 aliphatic heterocycles. The summed E-state index contributed by atoms with van der Waals surface area (Å²) in [6, 6.07) is 1.96. The van der Waals surface area contributed by atoms with Crippen molar-refractivity contribution in [1.29, 1.82) is 0 Å². The first-order chi connectivity index (χ1) is 12.1. The molecule has 3 aromatic rings. The molecular weight excluding hydrogens is 352 g/mol. The van der Waals surface area contributed by atoms with E-state index < -0.39 is 0 Å². The fourth-order valence-electron chi connectivity index (χ4n) is 2.52. The van der Waals surface area contributed by atoms with Crippen molar-refractivity contribution in [2.24, 2.45) is 7.05 Å². The van der Waals surface area contributed by atoms with Gasteiger partial charge in [0.1, 0.15) is 5.01 Å². The number of anilines is 1. The van der Waals surface area contributed by atoms with Gasteiger partial charge in [0.05, 0.1) is 5.39 Å². The van der Waals surface area contributed by atoms with Crippen LogP contribution in [0.4, 0.5) is 5.13 Å². The van der Waals surface area contributed by atoms with Crippen LogP contribution in [0.2, 0.25) is 0 Å². The lowest BCUT2D eigenvalue weighted by atomic mass is 9.98. The minimum absolute atomic E-state index is 0.104. The summed E-state index contributed by atoms with van der Waals surface area (Å²) in [7, 11) is 1.80. The van der Waals surface area contributed by atoms with Crippen molar-refractivity contribution in [3.63, 3.8) is 0 Å². The number of carbonyl (C=O) groups is 1. The van der Waals surface area contributed by atoms with Gasteiger partial charge in [-0.2, -0.15) is 0 Å². The summed E-state index contributed by atoms with van der Waals surface area (Å²) in [5, 5.41) is 17.3. The molecule has 0 saturated heterocycles. The Morgan fingerprint density at radius 2 is 2.04 bits per heavy atom. The number of carbonyl (C=O) groups excluding carboxylic acids is 1. The van der Waals surface area contributed by atoms with Crippen LogP contribution >= 0.6 is 11.3 Å². The number of aryl methyl sites for hydroxylation is 3. The summed E-state index contributed by atoms with van der Waals surface area (Å²) < 4.78 is 7.30. The van der Waals surface area contributed by atoms with Gasteiger partial charge in [-0.3, -0.25) is 10.1 Å². The molecule has 8 nitrogen and oxygen atoms in total. The summed E-state index contributed by atoms with van der Waals surface area (Å²) >= 11 is 1.36. The van der Waals surface area contributed by atoms with E-state index in [0.717, 1.165) is 27.3 Å². The third-order valence-corrected chi connectivity index (χ3v) is 5.00. The van der Waals surface area contributed by atoms with Crippen molar-refractivity contribution in [3.8, 4) is 5.88 Å². The lowest BCUT2D eigenvalue weighted by Gasteiger charge is -2.12. The fourth-order valence-corrected chi connectivity index (χ4v) is 3.33. The first-order valence-electron chi connectivity index (χ1n) is 8.22. The van der Waals surface area contributed by atoms with Gasteiger partial charge in [-0.25, -0.2) is 9.67 Å². The summed E-state index contributed by atoms with van der Waals surface area (Å²) in [6.07, 6.45) is 0. The van der Waals surface area contributed by atoms with Gasteiger partial charge in [0, 0.05) is 18.2 Å². The number of amides is 1. The van der Waals surface area contributed by atoms with E-state index in [9.17, 15) is 4.79 Å². The smallest absolute Gasteiger partial charge is 0.264 e. The number of nitrogens with one attached hydrogen (secondary N) is 1. The van der Waals surface area contributed by atoms with E-state index in [-0.39, 0.29) is 17.9 Å². The van der Waals surface area contributed by atoms with E-state index in [2.05, 4.69) is 25.6 Å². The predicted molar refractivity (Wildman–Crippen MR) is 101 cm³/mol. The van der Waals surface area contributed by atoms with Crippen molar-refractivity contribution in [2.75, 3.05) is 11.9 Å². The maximum absolute atomic E-state index is 12.2. The topological polar surface area (TPSA) is 94.8 Å². The van der Waals surface area contributed by atoms with Crippen LogP contribution in [0.15, 0.2) is 6.07 Å². The molecule has 0 unspecified atom stereocenters. The highest BCUT2D eigenvalue weighted by atomic mass is 32.1. The van der Waals surface area contributed by atoms with Crippen LogP contribution in [0.5, 0.6) is 5.88 Å². The van der Waals surface area contributed by atoms with Crippen molar-refractivity contribution < 1.29 is 9.53 Å². The van der Waals surface area contributed by atoms with Crippen molar-refractivity contribution >= 4 is 33.4 Å². The zero-order chi connectivity index (χ0) is 19.1. The lowest BCUT2D eigenvalue weighted by molar-refractivity contribution is -0.118. The monoisotopic (exact) mass is 374 g/mol. The second-order valence-corrected chi connectivity index (χ2v) is 8.18. The molecule has 0 bridgehead atoms. The van der Waals surface area contributed by atoms with Gasteiger partial charge in [0.2, 0.25) is 11.0 Å². The maximum Gasteiger partial charge on any atom is 0.264 e. The molecule has 1 N–H and O–H groups in total. The number of rotatable bonds is 4. The average Bonchev–Trinajstić information content (AvgIpc) is 3.10. The molecule has 9 heteroatoms. The van der Waals surface area contributed by atoms with Gasteiger partial charge in [0.25, 0.3) is 5.91 Å². The predicted octanol–water partition coefficient (Wildman–Crippen LogP) is 2.75. The average molecular weight is 374 g/mol. The molecule has 1 amide bonds. The molecule has 3 heterocycles. The molecule has 0 atom stereocenters. The van der Waals surface area contributed by atoms with Crippen LogP contribution in [0, 0.1) is 13.8 Å². The molecule has 0 spiro atoms. The van der Waals surface area contributed by atoms with Gasteiger partial charge < -0.3 is 4.74 Å². The van der Waals surface area contributed by atoms with Gasteiger partial charge in [0.15, 0.2) is 12.3 Å². The molecule has 3 rings (SSSR count). The first-order valence-corrected chi connectivity index (χ1v) is 9.04. The molecule has 0 radical (unpaired) electrons. The molecule has 26 heavy (non-hydrogen) atoms. The number of nitrogens with zero attached hydrogens (tertiary/aromatic N) is 5. The summed E-state index contributed by atoms with van der Waals surface area (Å²) in [5.74, 6) is 0.0911. The normalized spacial score (nSPS) is 11.8. The largest absolute Gasteiger partial charge is 0.466 e. The lowest BCUT2D eigenvalue weighted by Crippen LogP contribution is -2.20. The minimum atomic E-state index is -0.307. The van der Waals surface area contributed by atoms with Crippen LogP contribution in [-0.4, -0.2) is 37.5 Å². The molecule has 0 saturated carbocycles. The quantitative estimate of drug-likeness (QED) is 0.754. The van der Waals surface area contributed by atoms with E-state index in [1.807, 2.05) is 40.7 Å². The summed E-state index contributed by atoms with van der Waals surface area (Å²) in [4.78, 5) is 16.7. The second kappa shape index (κ2) is 6.64. The third kappa shape index (κ3) is 3.67. The molecule has 138 valence electrons. The number of hydrogen-bond donors (Lipinski definition) is 1. The molecule has 0 aliphatic rings. The van der Waals surface area contributed by atoms with Gasteiger partial charge in [-0.15, -0.1) is 15.3 Å². The van der Waals surface area contributed by atoms with E-state index in [0.29, 0.717) is 11.0 Å². The highest BCUT2D eigenvalue weighted by Gasteiger charge is 2.20. The molecule has 0 aliphatic carbocycles. The van der Waals surface area contributed by atoms with Crippen LogP contribution < -0.4 is 10.1 Å². The highest BCUT2D eigenvalue weighted by molar-refractivity contribution is 7.15.